The van der Waals surface area contributed by atoms with Crippen molar-refractivity contribution in [2.45, 2.75) is 24.9 Å². The molecule has 0 unspecified atom stereocenters. The van der Waals surface area contributed by atoms with E-state index < -0.39 is 15.1 Å². The number of sulfone groups is 1. The average Bonchev–Trinajstić information content (AvgIpc) is 3.16. The van der Waals surface area contributed by atoms with Crippen LogP contribution in [-0.2, 0) is 15.6 Å². The minimum absolute atomic E-state index is 0.253. The molecule has 0 bridgehead atoms. The number of tetrazole rings is 1. The third-order valence-corrected chi connectivity index (χ3v) is 5.39. The summed E-state index contributed by atoms with van der Waals surface area (Å²) >= 11 is 0. The predicted molar refractivity (Wildman–Crippen MR) is 81.4 cm³/mol. The zero-order valence-electron chi connectivity index (χ0n) is 12.6. The van der Waals surface area contributed by atoms with Crippen LogP contribution in [-0.4, -0.2) is 33.8 Å². The summed E-state index contributed by atoms with van der Waals surface area (Å²) in [6.07, 6.45) is 0. The van der Waals surface area contributed by atoms with Crippen molar-refractivity contribution in [1.82, 2.24) is 25.4 Å². The van der Waals surface area contributed by atoms with E-state index in [9.17, 15) is 8.42 Å². The summed E-state index contributed by atoms with van der Waals surface area (Å²) in [7, 11) is -3.55. The molecule has 3 aromatic rings. The lowest BCUT2D eigenvalue weighted by Gasteiger charge is -2.11. The highest BCUT2D eigenvalue weighted by Gasteiger charge is 2.30. The molecule has 0 radical (unpaired) electrons. The van der Waals surface area contributed by atoms with Crippen molar-refractivity contribution in [2.75, 3.05) is 0 Å². The lowest BCUT2D eigenvalue weighted by molar-refractivity contribution is 0.388. The van der Waals surface area contributed by atoms with Gasteiger partial charge in [-0.1, -0.05) is 23.4 Å². The Morgan fingerprint density at radius 2 is 2.00 bits per heavy atom. The summed E-state index contributed by atoms with van der Waals surface area (Å²) in [5.41, 5.74) is 1.34. The van der Waals surface area contributed by atoms with Crippen molar-refractivity contribution in [2.24, 2.45) is 0 Å². The normalized spacial score (nSPS) is 13.1. The molecule has 1 atom stereocenters. The van der Waals surface area contributed by atoms with Crippen LogP contribution in [0.3, 0.4) is 0 Å². The van der Waals surface area contributed by atoms with Gasteiger partial charge in [-0.3, -0.25) is 0 Å². The van der Waals surface area contributed by atoms with Gasteiger partial charge in [0.2, 0.25) is 0 Å². The SMILES string of the molecule is Cc1cc(CS(=O)(=O)[C@@H](C)c2nnnn2-c2ccccc2)on1. The summed E-state index contributed by atoms with van der Waals surface area (Å²) < 4.78 is 31.6. The Labute approximate surface area is 133 Å². The van der Waals surface area contributed by atoms with E-state index in [4.69, 9.17) is 4.52 Å². The Balaban J connectivity index is 1.91. The zero-order chi connectivity index (χ0) is 16.4. The summed E-state index contributed by atoms with van der Waals surface area (Å²) in [5.74, 6) is 0.303. The maximum absolute atomic E-state index is 12.6. The lowest BCUT2D eigenvalue weighted by atomic mass is 10.3. The minimum Gasteiger partial charge on any atom is -0.360 e. The van der Waals surface area contributed by atoms with Gasteiger partial charge in [-0.25, -0.2) is 8.42 Å². The number of hydrogen-bond donors (Lipinski definition) is 0. The van der Waals surface area contributed by atoms with Gasteiger partial charge in [-0.05, 0) is 36.4 Å². The van der Waals surface area contributed by atoms with E-state index in [1.807, 2.05) is 18.2 Å². The Morgan fingerprint density at radius 3 is 2.65 bits per heavy atom. The van der Waals surface area contributed by atoms with Gasteiger partial charge in [-0.2, -0.15) is 4.68 Å². The van der Waals surface area contributed by atoms with Gasteiger partial charge >= 0.3 is 0 Å². The molecule has 0 aliphatic carbocycles. The van der Waals surface area contributed by atoms with Crippen molar-refractivity contribution < 1.29 is 12.9 Å². The van der Waals surface area contributed by atoms with E-state index in [1.54, 1.807) is 32.0 Å². The Hall–Kier alpha value is -2.55. The van der Waals surface area contributed by atoms with Gasteiger partial charge in [0.15, 0.2) is 21.4 Å². The van der Waals surface area contributed by atoms with Crippen LogP contribution < -0.4 is 0 Å². The molecule has 0 saturated carbocycles. The fourth-order valence-corrected chi connectivity index (χ4v) is 3.42. The molecule has 0 amide bonds. The number of aromatic nitrogens is 5. The minimum atomic E-state index is -3.55. The van der Waals surface area contributed by atoms with Crippen LogP contribution in [0, 0.1) is 6.92 Å². The van der Waals surface area contributed by atoms with E-state index in [1.165, 1.54) is 4.68 Å². The van der Waals surface area contributed by atoms with Crippen molar-refractivity contribution in [1.29, 1.82) is 0 Å². The Kier molecular flexibility index (Phi) is 3.95. The van der Waals surface area contributed by atoms with Crippen LogP contribution in [0.25, 0.3) is 5.69 Å². The molecule has 8 nitrogen and oxygen atoms in total. The van der Waals surface area contributed by atoms with Gasteiger partial charge in [0.05, 0.1) is 11.4 Å². The number of hydrogen-bond acceptors (Lipinski definition) is 7. The van der Waals surface area contributed by atoms with Crippen molar-refractivity contribution in [3.8, 4) is 5.69 Å². The molecule has 2 heterocycles. The van der Waals surface area contributed by atoms with Gasteiger partial charge in [0.1, 0.15) is 11.0 Å². The van der Waals surface area contributed by atoms with Gasteiger partial charge in [0.25, 0.3) is 0 Å². The van der Waals surface area contributed by atoms with E-state index in [0.29, 0.717) is 17.1 Å². The van der Waals surface area contributed by atoms with E-state index in [-0.39, 0.29) is 11.6 Å². The number of rotatable bonds is 5. The number of benzene rings is 1. The van der Waals surface area contributed by atoms with Crippen LogP contribution in [0.1, 0.15) is 29.5 Å². The fourth-order valence-electron chi connectivity index (χ4n) is 2.17. The maximum Gasteiger partial charge on any atom is 0.174 e. The maximum atomic E-state index is 12.6. The number of nitrogens with zero attached hydrogens (tertiary/aromatic N) is 5. The first kappa shape index (κ1) is 15.3. The molecule has 0 aliphatic heterocycles. The second-order valence-corrected chi connectivity index (χ2v) is 7.49. The zero-order valence-corrected chi connectivity index (χ0v) is 13.4. The van der Waals surface area contributed by atoms with Crippen molar-refractivity contribution in [3.63, 3.8) is 0 Å². The second-order valence-electron chi connectivity index (χ2n) is 5.17. The van der Waals surface area contributed by atoms with E-state index in [2.05, 4.69) is 20.7 Å². The summed E-state index contributed by atoms with van der Waals surface area (Å²) in [5, 5.41) is 14.2. The summed E-state index contributed by atoms with van der Waals surface area (Å²) in [6.45, 7) is 3.29. The lowest BCUT2D eigenvalue weighted by Crippen LogP contribution is -2.17. The van der Waals surface area contributed by atoms with Gasteiger partial charge in [-0.15, -0.1) is 5.10 Å². The third kappa shape index (κ3) is 3.14. The molecular weight excluding hydrogens is 318 g/mol. The molecular formula is C14H15N5O3S. The summed E-state index contributed by atoms with van der Waals surface area (Å²) in [6, 6.07) is 10.7. The number of aryl methyl sites for hydroxylation is 1. The molecule has 0 aliphatic rings. The Bertz CT molecular complexity index is 901. The monoisotopic (exact) mass is 333 g/mol. The number of para-hydroxylation sites is 1. The second kappa shape index (κ2) is 5.92. The standard InChI is InChI=1S/C14H15N5O3S/c1-10-8-13(22-16-10)9-23(20,21)11(2)14-15-17-18-19(14)12-6-4-3-5-7-12/h3-8,11H,9H2,1-2H3/t11-/m0/s1. The molecule has 0 fully saturated rings. The molecule has 1 aromatic carbocycles. The molecule has 3 rings (SSSR count). The molecule has 0 spiro atoms. The highest BCUT2D eigenvalue weighted by Crippen LogP contribution is 2.25. The summed E-state index contributed by atoms with van der Waals surface area (Å²) in [4.78, 5) is 0. The van der Waals surface area contributed by atoms with Crippen LogP contribution in [0.5, 0.6) is 0 Å². The molecule has 9 heteroatoms. The van der Waals surface area contributed by atoms with E-state index >= 15 is 0 Å². The molecule has 2 aromatic heterocycles. The molecule has 0 N–H and O–H groups in total. The van der Waals surface area contributed by atoms with Crippen molar-refractivity contribution >= 4 is 9.84 Å². The topological polar surface area (TPSA) is 104 Å². The van der Waals surface area contributed by atoms with Crippen LogP contribution in [0.2, 0.25) is 0 Å². The first-order chi connectivity index (χ1) is 11.0. The largest absolute Gasteiger partial charge is 0.360 e. The molecule has 120 valence electrons. The molecule has 23 heavy (non-hydrogen) atoms. The van der Waals surface area contributed by atoms with Crippen molar-refractivity contribution in [3.05, 3.63) is 53.7 Å². The first-order valence-electron chi connectivity index (χ1n) is 6.95. The fraction of sp³-hybridized carbons (Fsp3) is 0.286. The van der Waals surface area contributed by atoms with Crippen LogP contribution >= 0.6 is 0 Å². The highest BCUT2D eigenvalue weighted by atomic mass is 32.2. The highest BCUT2D eigenvalue weighted by molar-refractivity contribution is 7.90. The first-order valence-corrected chi connectivity index (χ1v) is 8.66. The quantitative estimate of drug-likeness (QED) is 0.699. The Morgan fingerprint density at radius 1 is 1.26 bits per heavy atom. The smallest absolute Gasteiger partial charge is 0.174 e. The third-order valence-electron chi connectivity index (χ3n) is 3.42. The molecule has 0 saturated heterocycles. The van der Waals surface area contributed by atoms with Crippen LogP contribution in [0.4, 0.5) is 0 Å². The van der Waals surface area contributed by atoms with Crippen LogP contribution in [0.15, 0.2) is 40.9 Å². The van der Waals surface area contributed by atoms with Gasteiger partial charge < -0.3 is 4.52 Å². The van der Waals surface area contributed by atoms with E-state index in [0.717, 1.165) is 0 Å². The average molecular weight is 333 g/mol. The van der Waals surface area contributed by atoms with Gasteiger partial charge in [0, 0.05) is 6.07 Å². The predicted octanol–water partition coefficient (Wildman–Crippen LogP) is 1.63.